The van der Waals surface area contributed by atoms with E-state index < -0.39 is 0 Å². The van der Waals surface area contributed by atoms with E-state index in [1.54, 1.807) is 0 Å². The minimum atomic E-state index is 0. The molecule has 0 bridgehead atoms. The van der Waals surface area contributed by atoms with Crippen LogP contribution in [0.15, 0.2) is 12.7 Å². The second kappa shape index (κ2) is 18.7. The third kappa shape index (κ3) is 14.8. The van der Waals surface area contributed by atoms with Crippen molar-refractivity contribution < 1.29 is 21.9 Å². The molecular formula is C22H46ClNO. The van der Waals surface area contributed by atoms with Gasteiger partial charge in [0, 0.05) is 6.42 Å². The molecule has 25 heavy (non-hydrogen) atoms. The van der Waals surface area contributed by atoms with Crippen LogP contribution in [0.4, 0.5) is 0 Å². The van der Waals surface area contributed by atoms with Crippen LogP contribution in [0.25, 0.3) is 0 Å². The van der Waals surface area contributed by atoms with Gasteiger partial charge in [0.05, 0.1) is 7.05 Å². The van der Waals surface area contributed by atoms with Crippen LogP contribution in [0.2, 0.25) is 0 Å². The van der Waals surface area contributed by atoms with Gasteiger partial charge in [-0.2, -0.15) is 4.65 Å². The lowest BCUT2D eigenvalue weighted by Crippen LogP contribution is -3.00. The summed E-state index contributed by atoms with van der Waals surface area (Å²) in [6.07, 6.45) is 20.2. The molecule has 2 atom stereocenters. The number of nitrogens with zero attached hydrogens (tertiary/aromatic N) is 1. The van der Waals surface area contributed by atoms with Gasteiger partial charge in [-0.3, -0.25) is 0 Å². The van der Waals surface area contributed by atoms with Crippen LogP contribution in [-0.2, 0) is 4.84 Å². The minimum Gasteiger partial charge on any atom is -1.00 e. The van der Waals surface area contributed by atoms with E-state index in [1.807, 2.05) is 6.08 Å². The number of likely N-dealkylation sites (N-methyl/N-ethyl adjacent to an activating group) is 1. The number of unbranched alkanes of at least 4 members (excludes halogenated alkanes) is 11. The lowest BCUT2D eigenvalue weighted by Gasteiger charge is -2.36. The number of hydrogen-bond acceptors (Lipinski definition) is 1. The van der Waals surface area contributed by atoms with Gasteiger partial charge in [-0.25, -0.2) is 4.84 Å². The SMILES string of the molecule is C=CC[N+](C)(OCC)C(C)CCCCCCCCCCCCCC.[Cl-]. The molecule has 0 saturated heterocycles. The summed E-state index contributed by atoms with van der Waals surface area (Å²) in [5.41, 5.74) is 0. The van der Waals surface area contributed by atoms with Crippen LogP contribution >= 0.6 is 0 Å². The number of halogens is 1. The van der Waals surface area contributed by atoms with Crippen molar-refractivity contribution in [3.63, 3.8) is 0 Å². The first-order valence-corrected chi connectivity index (χ1v) is 10.7. The number of hydroxylamine groups is 3. The summed E-state index contributed by atoms with van der Waals surface area (Å²) in [4.78, 5) is 5.96. The van der Waals surface area contributed by atoms with Gasteiger partial charge in [0.25, 0.3) is 0 Å². The highest BCUT2D eigenvalue weighted by molar-refractivity contribution is 4.65. The molecule has 0 radical (unpaired) electrons. The van der Waals surface area contributed by atoms with E-state index in [-0.39, 0.29) is 12.4 Å². The molecule has 0 N–H and O–H groups in total. The predicted octanol–water partition coefficient (Wildman–Crippen LogP) is 4.05. The molecular weight excluding hydrogens is 330 g/mol. The highest BCUT2D eigenvalue weighted by Gasteiger charge is 2.29. The fourth-order valence-corrected chi connectivity index (χ4v) is 3.46. The zero-order chi connectivity index (χ0) is 18.1. The Morgan fingerprint density at radius 2 is 1.28 bits per heavy atom. The van der Waals surface area contributed by atoms with E-state index in [1.165, 1.54) is 83.5 Å². The fraction of sp³-hybridized carbons (Fsp3) is 0.909. The van der Waals surface area contributed by atoms with Gasteiger partial charge in [-0.05, 0) is 26.3 Å². The smallest absolute Gasteiger partial charge is 0.127 e. The van der Waals surface area contributed by atoms with Gasteiger partial charge in [0.15, 0.2) is 0 Å². The van der Waals surface area contributed by atoms with Crippen molar-refractivity contribution in [3.05, 3.63) is 12.7 Å². The Bertz CT molecular complexity index is 285. The van der Waals surface area contributed by atoms with Gasteiger partial charge >= 0.3 is 0 Å². The van der Waals surface area contributed by atoms with E-state index in [4.69, 9.17) is 4.84 Å². The van der Waals surface area contributed by atoms with Crippen LogP contribution in [0, 0.1) is 0 Å². The maximum atomic E-state index is 5.96. The van der Waals surface area contributed by atoms with Gasteiger partial charge in [-0.1, -0.05) is 84.1 Å². The quantitative estimate of drug-likeness (QED) is 0.152. The topological polar surface area (TPSA) is 9.23 Å². The summed E-state index contributed by atoms with van der Waals surface area (Å²) >= 11 is 0. The first-order valence-electron chi connectivity index (χ1n) is 10.7. The standard InChI is InChI=1S/C22H46NO.ClH/c1-6-9-10-11-12-13-14-15-16-17-18-19-20-22(4)23(5,21-7-2)24-8-3;/h7,22H,2,6,8-21H2,1,3-5H3;1H/q+1;/p-1. The number of hydrogen-bond donors (Lipinski definition) is 0. The van der Waals surface area contributed by atoms with Crippen LogP contribution in [0.1, 0.15) is 104 Å². The van der Waals surface area contributed by atoms with Crippen molar-refractivity contribution in [2.45, 2.75) is 110 Å². The predicted molar refractivity (Wildman–Crippen MR) is 108 cm³/mol. The molecule has 0 fully saturated rings. The summed E-state index contributed by atoms with van der Waals surface area (Å²) in [7, 11) is 2.19. The Kier molecular flexibility index (Phi) is 20.4. The van der Waals surface area contributed by atoms with E-state index >= 15 is 0 Å². The molecule has 2 nitrogen and oxygen atoms in total. The van der Waals surface area contributed by atoms with Crippen molar-refractivity contribution in [3.8, 4) is 0 Å². The van der Waals surface area contributed by atoms with E-state index in [2.05, 4.69) is 34.4 Å². The molecule has 0 rings (SSSR count). The van der Waals surface area contributed by atoms with Crippen molar-refractivity contribution in [2.75, 3.05) is 20.2 Å². The van der Waals surface area contributed by atoms with Crippen molar-refractivity contribution >= 4 is 0 Å². The number of quaternary nitrogens is 1. The van der Waals surface area contributed by atoms with Crippen molar-refractivity contribution in [1.29, 1.82) is 0 Å². The molecule has 0 aliphatic carbocycles. The lowest BCUT2D eigenvalue weighted by molar-refractivity contribution is -1.10. The normalized spacial score (nSPS) is 14.6. The third-order valence-electron chi connectivity index (χ3n) is 5.32. The van der Waals surface area contributed by atoms with Gasteiger partial charge < -0.3 is 12.4 Å². The summed E-state index contributed by atoms with van der Waals surface area (Å²) in [6, 6.07) is 0.547. The highest BCUT2D eigenvalue weighted by atomic mass is 35.5. The Morgan fingerprint density at radius 1 is 0.840 bits per heavy atom. The van der Waals surface area contributed by atoms with E-state index in [0.717, 1.165) is 13.2 Å². The second-order valence-corrected chi connectivity index (χ2v) is 7.59. The molecule has 0 amide bonds. The molecule has 0 aliphatic rings. The van der Waals surface area contributed by atoms with Crippen LogP contribution < -0.4 is 12.4 Å². The summed E-state index contributed by atoms with van der Waals surface area (Å²) in [5, 5.41) is 0. The molecule has 0 aromatic rings. The van der Waals surface area contributed by atoms with E-state index in [0.29, 0.717) is 10.7 Å². The Hall–Kier alpha value is -0.0500. The molecule has 0 aliphatic heterocycles. The van der Waals surface area contributed by atoms with E-state index in [9.17, 15) is 0 Å². The molecule has 0 aromatic heterocycles. The Balaban J connectivity index is 0. The number of rotatable bonds is 18. The molecule has 0 spiro atoms. The first-order chi connectivity index (χ1) is 11.6. The van der Waals surface area contributed by atoms with Crippen LogP contribution in [0.5, 0.6) is 0 Å². The zero-order valence-corrected chi connectivity index (χ0v) is 18.5. The monoisotopic (exact) mass is 375 g/mol. The molecule has 152 valence electrons. The van der Waals surface area contributed by atoms with Crippen LogP contribution in [-0.4, -0.2) is 30.9 Å². The third-order valence-corrected chi connectivity index (χ3v) is 5.32. The van der Waals surface area contributed by atoms with Crippen molar-refractivity contribution in [1.82, 2.24) is 0 Å². The van der Waals surface area contributed by atoms with Gasteiger partial charge in [-0.15, -0.1) is 0 Å². The minimum absolute atomic E-state index is 0. The van der Waals surface area contributed by atoms with Gasteiger partial charge in [0.2, 0.25) is 0 Å². The molecule has 0 aromatic carbocycles. The molecule has 2 unspecified atom stereocenters. The molecule has 0 heterocycles. The largest absolute Gasteiger partial charge is 1.00 e. The summed E-state index contributed by atoms with van der Waals surface area (Å²) in [6.45, 7) is 12.2. The van der Waals surface area contributed by atoms with Gasteiger partial charge in [0.1, 0.15) is 19.2 Å². The highest BCUT2D eigenvalue weighted by Crippen LogP contribution is 2.19. The first kappa shape index (κ1) is 27.2. The fourth-order valence-electron chi connectivity index (χ4n) is 3.46. The lowest BCUT2D eigenvalue weighted by atomic mass is 10.0. The average molecular weight is 376 g/mol. The maximum absolute atomic E-state index is 5.96. The molecule has 3 heteroatoms. The average Bonchev–Trinajstić information content (AvgIpc) is 2.56. The summed E-state index contributed by atoms with van der Waals surface area (Å²) in [5.74, 6) is 0. The Labute approximate surface area is 165 Å². The van der Waals surface area contributed by atoms with Crippen molar-refractivity contribution in [2.24, 2.45) is 0 Å². The Morgan fingerprint density at radius 3 is 1.68 bits per heavy atom. The summed E-state index contributed by atoms with van der Waals surface area (Å²) < 4.78 is 0.679. The van der Waals surface area contributed by atoms with Crippen LogP contribution in [0.3, 0.4) is 0 Å². The molecule has 0 saturated carbocycles. The maximum Gasteiger partial charge on any atom is 0.127 e. The zero-order valence-electron chi connectivity index (χ0n) is 17.7. The second-order valence-electron chi connectivity index (χ2n) is 7.59.